The van der Waals surface area contributed by atoms with E-state index in [9.17, 15) is 0 Å². The van der Waals surface area contributed by atoms with Crippen LogP contribution in [0.15, 0.2) is 60.7 Å². The van der Waals surface area contributed by atoms with Gasteiger partial charge in [-0.1, -0.05) is 88.4 Å². The summed E-state index contributed by atoms with van der Waals surface area (Å²) >= 11 is 0. The molecule has 0 heterocycles. The lowest BCUT2D eigenvalue weighted by molar-refractivity contribution is 0.218. The van der Waals surface area contributed by atoms with E-state index in [0.29, 0.717) is 5.92 Å². The minimum Gasteiger partial charge on any atom is -0.407 e. The molecule has 0 aromatic heterocycles. The van der Waals surface area contributed by atoms with Crippen molar-refractivity contribution in [3.05, 3.63) is 60.7 Å². The van der Waals surface area contributed by atoms with E-state index < -0.39 is 8.32 Å². The van der Waals surface area contributed by atoms with Crippen molar-refractivity contribution in [3.8, 4) is 0 Å². The predicted molar refractivity (Wildman–Crippen MR) is 109 cm³/mol. The maximum absolute atomic E-state index is 9.10. The molecular formula is C22H32O2Si. The quantitative estimate of drug-likeness (QED) is 0.725. The fourth-order valence-corrected chi connectivity index (χ4v) is 8.24. The number of hydrogen-bond donors (Lipinski definition) is 1. The lowest BCUT2D eigenvalue weighted by Gasteiger charge is -2.43. The monoisotopic (exact) mass is 356 g/mol. The third-order valence-electron chi connectivity index (χ3n) is 4.86. The van der Waals surface area contributed by atoms with E-state index >= 15 is 0 Å². The molecule has 0 amide bonds. The first-order chi connectivity index (χ1) is 11.9. The Morgan fingerprint density at radius 1 is 0.920 bits per heavy atom. The molecule has 0 aliphatic carbocycles. The van der Waals surface area contributed by atoms with Crippen LogP contribution in [-0.2, 0) is 4.43 Å². The zero-order chi connectivity index (χ0) is 18.3. The number of aliphatic hydroxyl groups is 1. The summed E-state index contributed by atoms with van der Waals surface area (Å²) in [6.07, 6.45) is 1.83. The lowest BCUT2D eigenvalue weighted by atomic mass is 10.1. The Kier molecular flexibility index (Phi) is 7.00. The normalized spacial score (nSPS) is 13.6. The van der Waals surface area contributed by atoms with Crippen LogP contribution < -0.4 is 10.4 Å². The summed E-state index contributed by atoms with van der Waals surface area (Å²) in [4.78, 5) is 0. The van der Waals surface area contributed by atoms with Crippen LogP contribution in [-0.4, -0.2) is 26.6 Å². The van der Waals surface area contributed by atoms with Gasteiger partial charge < -0.3 is 9.53 Å². The van der Waals surface area contributed by atoms with Crippen molar-refractivity contribution in [1.29, 1.82) is 0 Å². The average molecular weight is 357 g/mol. The summed E-state index contributed by atoms with van der Waals surface area (Å²) in [6.45, 7) is 10.1. The van der Waals surface area contributed by atoms with Crippen LogP contribution in [0.2, 0.25) is 5.04 Å². The SMILES string of the molecule is CC(CCCO)CO[Si](c1ccccc1)(c1ccccc1)C(C)(C)C. The number of rotatable bonds is 8. The third-order valence-corrected chi connectivity index (χ3v) is 9.86. The van der Waals surface area contributed by atoms with Gasteiger partial charge in [0.1, 0.15) is 0 Å². The van der Waals surface area contributed by atoms with E-state index in [0.717, 1.165) is 19.4 Å². The van der Waals surface area contributed by atoms with Crippen LogP contribution in [0.5, 0.6) is 0 Å². The largest absolute Gasteiger partial charge is 0.407 e. The highest BCUT2D eigenvalue weighted by molar-refractivity contribution is 6.99. The molecule has 0 bridgehead atoms. The van der Waals surface area contributed by atoms with Crippen molar-refractivity contribution in [2.24, 2.45) is 5.92 Å². The molecule has 1 unspecified atom stereocenters. The Labute approximate surface area is 154 Å². The van der Waals surface area contributed by atoms with Gasteiger partial charge in [0.15, 0.2) is 0 Å². The Morgan fingerprint density at radius 3 is 1.80 bits per heavy atom. The first-order valence-electron chi connectivity index (χ1n) is 9.27. The number of aliphatic hydroxyl groups excluding tert-OH is 1. The van der Waals surface area contributed by atoms with Gasteiger partial charge in [-0.2, -0.15) is 0 Å². The van der Waals surface area contributed by atoms with E-state index in [1.54, 1.807) is 0 Å². The molecule has 0 aliphatic rings. The molecule has 2 aromatic carbocycles. The molecule has 136 valence electrons. The van der Waals surface area contributed by atoms with Crippen molar-refractivity contribution < 1.29 is 9.53 Å². The summed E-state index contributed by atoms with van der Waals surface area (Å²) < 4.78 is 6.88. The second kappa shape index (κ2) is 8.79. The van der Waals surface area contributed by atoms with Gasteiger partial charge in [0, 0.05) is 13.2 Å². The van der Waals surface area contributed by atoms with Crippen molar-refractivity contribution >= 4 is 18.7 Å². The van der Waals surface area contributed by atoms with Crippen LogP contribution in [0.3, 0.4) is 0 Å². The summed E-state index contributed by atoms with van der Waals surface area (Å²) in [6, 6.07) is 21.5. The number of benzene rings is 2. The van der Waals surface area contributed by atoms with Crippen molar-refractivity contribution in [3.63, 3.8) is 0 Å². The second-order valence-electron chi connectivity index (χ2n) is 7.95. The molecule has 1 atom stereocenters. The minimum atomic E-state index is -2.41. The van der Waals surface area contributed by atoms with Gasteiger partial charge in [-0.25, -0.2) is 0 Å². The molecular weight excluding hydrogens is 324 g/mol. The summed E-state index contributed by atoms with van der Waals surface area (Å²) in [5.74, 6) is 0.439. The van der Waals surface area contributed by atoms with E-state index in [2.05, 4.69) is 88.4 Å². The summed E-state index contributed by atoms with van der Waals surface area (Å²) in [5, 5.41) is 11.8. The third kappa shape index (κ3) is 4.60. The van der Waals surface area contributed by atoms with Gasteiger partial charge in [0.2, 0.25) is 0 Å². The maximum atomic E-state index is 9.10. The smallest absolute Gasteiger partial charge is 0.261 e. The second-order valence-corrected chi connectivity index (χ2v) is 12.3. The zero-order valence-electron chi connectivity index (χ0n) is 16.0. The molecule has 0 fully saturated rings. The van der Waals surface area contributed by atoms with Gasteiger partial charge in [0.25, 0.3) is 8.32 Å². The van der Waals surface area contributed by atoms with Crippen molar-refractivity contribution in [2.75, 3.05) is 13.2 Å². The van der Waals surface area contributed by atoms with Gasteiger partial charge in [-0.3, -0.25) is 0 Å². The van der Waals surface area contributed by atoms with Crippen molar-refractivity contribution in [1.82, 2.24) is 0 Å². The van der Waals surface area contributed by atoms with Gasteiger partial charge >= 0.3 is 0 Å². The first-order valence-corrected chi connectivity index (χ1v) is 11.2. The Hall–Kier alpha value is -1.42. The zero-order valence-corrected chi connectivity index (χ0v) is 17.0. The summed E-state index contributed by atoms with van der Waals surface area (Å²) in [7, 11) is -2.41. The van der Waals surface area contributed by atoms with Crippen LogP contribution in [0.1, 0.15) is 40.5 Å². The molecule has 25 heavy (non-hydrogen) atoms. The predicted octanol–water partition coefficient (Wildman–Crippen LogP) is 3.97. The molecule has 0 spiro atoms. The molecule has 0 radical (unpaired) electrons. The summed E-state index contributed by atoms with van der Waals surface area (Å²) in [5.41, 5.74) is 0. The molecule has 0 saturated carbocycles. The molecule has 2 rings (SSSR count). The Balaban J connectivity index is 2.46. The van der Waals surface area contributed by atoms with Crippen LogP contribution in [0.4, 0.5) is 0 Å². The standard InChI is InChI=1S/C22H32O2Si/c1-19(12-11-17-23)18-24-25(22(2,3)4,20-13-7-5-8-14-20)21-15-9-6-10-16-21/h5-10,13-16,19,23H,11-12,17-18H2,1-4H3. The average Bonchev–Trinajstić information content (AvgIpc) is 2.61. The molecule has 2 aromatic rings. The van der Waals surface area contributed by atoms with Crippen LogP contribution in [0.25, 0.3) is 0 Å². The minimum absolute atomic E-state index is 0.0202. The van der Waals surface area contributed by atoms with Crippen molar-refractivity contribution in [2.45, 2.75) is 45.6 Å². The van der Waals surface area contributed by atoms with Crippen LogP contribution >= 0.6 is 0 Å². The molecule has 0 aliphatic heterocycles. The number of hydrogen-bond acceptors (Lipinski definition) is 2. The van der Waals surface area contributed by atoms with Crippen LogP contribution in [0, 0.1) is 5.92 Å². The lowest BCUT2D eigenvalue weighted by Crippen LogP contribution is -2.66. The Bertz CT molecular complexity index is 580. The van der Waals surface area contributed by atoms with Gasteiger partial charge in [-0.15, -0.1) is 0 Å². The van der Waals surface area contributed by atoms with E-state index in [1.807, 2.05) is 0 Å². The Morgan fingerprint density at radius 2 is 1.40 bits per heavy atom. The van der Waals surface area contributed by atoms with E-state index in [-0.39, 0.29) is 11.6 Å². The van der Waals surface area contributed by atoms with E-state index in [1.165, 1.54) is 10.4 Å². The van der Waals surface area contributed by atoms with Gasteiger partial charge in [0.05, 0.1) is 0 Å². The molecule has 0 saturated heterocycles. The first kappa shape index (κ1) is 19.9. The molecule has 2 nitrogen and oxygen atoms in total. The highest BCUT2D eigenvalue weighted by Crippen LogP contribution is 2.37. The molecule has 1 N–H and O–H groups in total. The fourth-order valence-electron chi connectivity index (χ4n) is 3.55. The topological polar surface area (TPSA) is 29.5 Å². The van der Waals surface area contributed by atoms with E-state index in [4.69, 9.17) is 9.53 Å². The maximum Gasteiger partial charge on any atom is 0.261 e. The fraction of sp³-hybridized carbons (Fsp3) is 0.455. The van der Waals surface area contributed by atoms with Gasteiger partial charge in [-0.05, 0) is 34.2 Å². The highest BCUT2D eigenvalue weighted by Gasteiger charge is 2.50. The highest BCUT2D eigenvalue weighted by atomic mass is 28.4. The molecule has 3 heteroatoms.